The fourth-order valence-electron chi connectivity index (χ4n) is 1.95. The van der Waals surface area contributed by atoms with E-state index in [0.29, 0.717) is 13.2 Å². The highest BCUT2D eigenvalue weighted by atomic mass is 16.5. The van der Waals surface area contributed by atoms with Crippen LogP contribution in [0.4, 0.5) is 11.4 Å². The molecule has 2 rings (SSSR count). The fourth-order valence-corrected chi connectivity index (χ4v) is 1.95. The van der Waals surface area contributed by atoms with Crippen LogP contribution >= 0.6 is 0 Å². The summed E-state index contributed by atoms with van der Waals surface area (Å²) in [7, 11) is 0. The number of carbonyl (C=O) groups is 1. The van der Waals surface area contributed by atoms with Crippen LogP contribution in [0.2, 0.25) is 0 Å². The number of hydrogen-bond acceptors (Lipinski definition) is 3. The van der Waals surface area contributed by atoms with E-state index in [2.05, 4.69) is 5.32 Å². The predicted octanol–water partition coefficient (Wildman–Crippen LogP) is 1.86. The van der Waals surface area contributed by atoms with Crippen molar-refractivity contribution in [1.82, 2.24) is 0 Å². The molecule has 0 aromatic heterocycles. The second kappa shape index (κ2) is 4.75. The molecule has 0 aliphatic carbocycles. The molecule has 1 aromatic rings. The van der Waals surface area contributed by atoms with Crippen LogP contribution in [0.5, 0.6) is 0 Å². The van der Waals surface area contributed by atoms with Gasteiger partial charge in [-0.2, -0.15) is 0 Å². The van der Waals surface area contributed by atoms with Crippen molar-refractivity contribution < 1.29 is 9.53 Å². The Bertz CT molecular complexity index is 437. The molecule has 1 aromatic carbocycles. The Morgan fingerprint density at radius 2 is 2.18 bits per heavy atom. The third kappa shape index (κ3) is 2.58. The van der Waals surface area contributed by atoms with Crippen LogP contribution in [0.25, 0.3) is 0 Å². The Kier molecular flexibility index (Phi) is 3.33. The van der Waals surface area contributed by atoms with Gasteiger partial charge in [-0.1, -0.05) is 0 Å². The molecule has 1 aliphatic rings. The van der Waals surface area contributed by atoms with Crippen molar-refractivity contribution in [2.24, 2.45) is 5.92 Å². The number of carbonyl (C=O) groups excluding carboxylic acids is 1. The van der Waals surface area contributed by atoms with Crippen LogP contribution in [0.1, 0.15) is 17.5 Å². The maximum atomic E-state index is 11.9. The molecule has 17 heavy (non-hydrogen) atoms. The topological polar surface area (TPSA) is 64.3 Å². The minimum absolute atomic E-state index is 0.0211. The molecule has 1 amide bonds. The van der Waals surface area contributed by atoms with Crippen molar-refractivity contribution in [2.45, 2.75) is 20.3 Å². The molecule has 0 bridgehead atoms. The van der Waals surface area contributed by atoms with Crippen molar-refractivity contribution in [3.05, 3.63) is 23.3 Å². The first-order chi connectivity index (χ1) is 8.08. The van der Waals surface area contributed by atoms with E-state index in [0.717, 1.165) is 28.9 Å². The number of anilines is 2. The van der Waals surface area contributed by atoms with Gasteiger partial charge in [-0.3, -0.25) is 4.79 Å². The van der Waals surface area contributed by atoms with Gasteiger partial charge in [-0.15, -0.1) is 0 Å². The number of ether oxygens (including phenoxy) is 1. The summed E-state index contributed by atoms with van der Waals surface area (Å²) in [6.45, 7) is 5.08. The molecule has 92 valence electrons. The zero-order chi connectivity index (χ0) is 12.4. The number of nitrogens with one attached hydrogen (secondary N) is 1. The van der Waals surface area contributed by atoms with Crippen molar-refractivity contribution >= 4 is 17.3 Å². The number of nitrogen functional groups attached to an aromatic ring is 1. The van der Waals surface area contributed by atoms with Crippen molar-refractivity contribution in [3.63, 3.8) is 0 Å². The van der Waals surface area contributed by atoms with Crippen LogP contribution in [0.15, 0.2) is 12.1 Å². The lowest BCUT2D eigenvalue weighted by Gasteiger charge is -2.13. The minimum atomic E-state index is -0.0211. The zero-order valence-corrected chi connectivity index (χ0v) is 10.2. The van der Waals surface area contributed by atoms with Gasteiger partial charge in [-0.05, 0) is 43.5 Å². The van der Waals surface area contributed by atoms with Crippen LogP contribution in [-0.2, 0) is 9.53 Å². The van der Waals surface area contributed by atoms with E-state index >= 15 is 0 Å². The summed E-state index contributed by atoms with van der Waals surface area (Å²) in [6.07, 6.45) is 0.804. The van der Waals surface area contributed by atoms with Crippen molar-refractivity contribution in [1.29, 1.82) is 0 Å². The quantitative estimate of drug-likeness (QED) is 0.768. The maximum Gasteiger partial charge on any atom is 0.229 e. The van der Waals surface area contributed by atoms with E-state index in [4.69, 9.17) is 10.5 Å². The normalized spacial score (nSPS) is 19.3. The Balaban J connectivity index is 2.12. The SMILES string of the molecule is Cc1cc(NC(=O)C2CCOC2)c(C)cc1N. The van der Waals surface area contributed by atoms with E-state index in [9.17, 15) is 4.79 Å². The lowest BCUT2D eigenvalue weighted by molar-refractivity contribution is -0.119. The molecule has 1 heterocycles. The monoisotopic (exact) mass is 234 g/mol. The summed E-state index contributed by atoms with van der Waals surface area (Å²) < 4.78 is 5.21. The van der Waals surface area contributed by atoms with Gasteiger partial charge in [0.15, 0.2) is 0 Å². The summed E-state index contributed by atoms with van der Waals surface area (Å²) in [5.41, 5.74) is 9.37. The second-order valence-electron chi connectivity index (χ2n) is 4.57. The Morgan fingerprint density at radius 1 is 1.41 bits per heavy atom. The molecule has 1 saturated heterocycles. The molecule has 3 N–H and O–H groups in total. The van der Waals surface area contributed by atoms with E-state index < -0.39 is 0 Å². The first-order valence-corrected chi connectivity index (χ1v) is 5.83. The van der Waals surface area contributed by atoms with Gasteiger partial charge in [0.05, 0.1) is 12.5 Å². The minimum Gasteiger partial charge on any atom is -0.399 e. The molecule has 0 radical (unpaired) electrons. The summed E-state index contributed by atoms with van der Waals surface area (Å²) in [4.78, 5) is 11.9. The largest absolute Gasteiger partial charge is 0.399 e. The van der Waals surface area contributed by atoms with E-state index in [1.807, 2.05) is 26.0 Å². The van der Waals surface area contributed by atoms with Crippen molar-refractivity contribution in [2.75, 3.05) is 24.3 Å². The summed E-state index contributed by atoms with van der Waals surface area (Å²) in [5, 5.41) is 2.95. The lowest BCUT2D eigenvalue weighted by Crippen LogP contribution is -2.23. The van der Waals surface area contributed by atoms with Gasteiger partial charge in [0.25, 0.3) is 0 Å². The highest BCUT2D eigenvalue weighted by molar-refractivity contribution is 5.93. The first-order valence-electron chi connectivity index (χ1n) is 5.83. The highest BCUT2D eigenvalue weighted by Crippen LogP contribution is 2.23. The van der Waals surface area contributed by atoms with E-state index in [-0.39, 0.29) is 11.8 Å². The third-order valence-electron chi connectivity index (χ3n) is 3.17. The number of hydrogen-bond donors (Lipinski definition) is 2. The average Bonchev–Trinajstić information content (AvgIpc) is 2.79. The summed E-state index contributed by atoms with van der Waals surface area (Å²) in [6, 6.07) is 3.80. The van der Waals surface area contributed by atoms with Crippen LogP contribution < -0.4 is 11.1 Å². The Morgan fingerprint density at radius 3 is 2.82 bits per heavy atom. The molecular formula is C13H18N2O2. The Hall–Kier alpha value is -1.55. The number of rotatable bonds is 2. The van der Waals surface area contributed by atoms with Gasteiger partial charge in [0.1, 0.15) is 0 Å². The average molecular weight is 234 g/mol. The lowest BCUT2D eigenvalue weighted by atomic mass is 10.1. The molecule has 1 fully saturated rings. The molecular weight excluding hydrogens is 216 g/mol. The summed E-state index contributed by atoms with van der Waals surface area (Å²) in [5.74, 6) is 0.0158. The Labute approximate surface area is 101 Å². The smallest absolute Gasteiger partial charge is 0.229 e. The van der Waals surface area contributed by atoms with E-state index in [1.165, 1.54) is 0 Å². The number of nitrogens with two attached hydrogens (primary N) is 1. The maximum absolute atomic E-state index is 11.9. The van der Waals surface area contributed by atoms with Crippen LogP contribution in [-0.4, -0.2) is 19.1 Å². The molecule has 4 nitrogen and oxygen atoms in total. The van der Waals surface area contributed by atoms with E-state index in [1.54, 1.807) is 0 Å². The number of amides is 1. The highest BCUT2D eigenvalue weighted by Gasteiger charge is 2.23. The van der Waals surface area contributed by atoms with Crippen molar-refractivity contribution in [3.8, 4) is 0 Å². The first kappa shape index (κ1) is 11.9. The standard InChI is InChI=1S/C13H18N2O2/c1-8-6-12(9(2)5-11(8)14)15-13(16)10-3-4-17-7-10/h5-6,10H,3-4,7,14H2,1-2H3,(H,15,16). The summed E-state index contributed by atoms with van der Waals surface area (Å²) >= 11 is 0. The van der Waals surface area contributed by atoms with Gasteiger partial charge < -0.3 is 15.8 Å². The zero-order valence-electron chi connectivity index (χ0n) is 10.2. The predicted molar refractivity (Wildman–Crippen MR) is 67.9 cm³/mol. The number of aryl methyl sites for hydroxylation is 2. The van der Waals surface area contributed by atoms with Gasteiger partial charge >= 0.3 is 0 Å². The molecule has 1 atom stereocenters. The molecule has 0 saturated carbocycles. The fraction of sp³-hybridized carbons (Fsp3) is 0.462. The third-order valence-corrected chi connectivity index (χ3v) is 3.17. The van der Waals surface area contributed by atoms with Crippen LogP contribution in [0, 0.1) is 19.8 Å². The second-order valence-corrected chi connectivity index (χ2v) is 4.57. The van der Waals surface area contributed by atoms with Gasteiger partial charge in [-0.25, -0.2) is 0 Å². The van der Waals surface area contributed by atoms with Crippen LogP contribution in [0.3, 0.4) is 0 Å². The molecule has 1 unspecified atom stereocenters. The van der Waals surface area contributed by atoms with Gasteiger partial charge in [0, 0.05) is 18.0 Å². The molecule has 4 heteroatoms. The number of benzene rings is 1. The molecule has 1 aliphatic heterocycles. The molecule has 0 spiro atoms. The van der Waals surface area contributed by atoms with Gasteiger partial charge in [0.2, 0.25) is 5.91 Å².